The van der Waals surface area contributed by atoms with Crippen molar-refractivity contribution >= 4 is 32.7 Å². The lowest BCUT2D eigenvalue weighted by Gasteiger charge is -2.15. The first-order valence-corrected chi connectivity index (χ1v) is 11.1. The van der Waals surface area contributed by atoms with Crippen LogP contribution in [0.1, 0.15) is 31.6 Å². The van der Waals surface area contributed by atoms with Crippen LogP contribution in [0.5, 0.6) is 5.75 Å². The number of anilines is 1. The average Bonchev–Trinajstić information content (AvgIpc) is 3.40. The van der Waals surface area contributed by atoms with E-state index in [0.29, 0.717) is 11.5 Å². The van der Waals surface area contributed by atoms with Crippen molar-refractivity contribution in [3.63, 3.8) is 0 Å². The number of nitrogens with one attached hydrogen (secondary N) is 3. The molecule has 30 heavy (non-hydrogen) atoms. The molecule has 4 rings (SSSR count). The molecule has 1 aliphatic carbocycles. The number of methoxy groups -OCH3 is 1. The number of para-hydroxylation sites is 1. The first kappa shape index (κ1) is 20.2. The van der Waals surface area contributed by atoms with Gasteiger partial charge < -0.3 is 19.8 Å². The molecule has 9 heteroatoms. The SMILES string of the molecule is COc1ccc(S(=O)(=O)NC2CC2)cc1NC(=O)NC(C)c1cc2ccccc2o1. The van der Waals surface area contributed by atoms with Gasteiger partial charge in [-0.3, -0.25) is 0 Å². The zero-order valence-corrected chi connectivity index (χ0v) is 17.5. The highest BCUT2D eigenvalue weighted by Gasteiger charge is 2.28. The fourth-order valence-corrected chi connectivity index (χ4v) is 4.41. The third kappa shape index (κ3) is 4.42. The molecule has 1 atom stereocenters. The highest BCUT2D eigenvalue weighted by molar-refractivity contribution is 7.89. The van der Waals surface area contributed by atoms with E-state index >= 15 is 0 Å². The molecule has 0 bridgehead atoms. The molecule has 1 saturated carbocycles. The van der Waals surface area contributed by atoms with Gasteiger partial charge >= 0.3 is 6.03 Å². The standard InChI is InChI=1S/C21H23N3O5S/c1-13(20-11-14-5-3-4-6-18(14)29-20)22-21(25)23-17-12-16(9-10-19(17)28-2)30(26,27)24-15-7-8-15/h3-6,9-13,15,24H,7-8H2,1-2H3,(H2,22,23,25). The Morgan fingerprint density at radius 2 is 1.93 bits per heavy atom. The molecule has 0 saturated heterocycles. The Hall–Kier alpha value is -3.04. The van der Waals surface area contributed by atoms with Crippen molar-refractivity contribution in [3.05, 3.63) is 54.3 Å². The van der Waals surface area contributed by atoms with Gasteiger partial charge in [0.1, 0.15) is 17.1 Å². The Balaban J connectivity index is 1.49. The summed E-state index contributed by atoms with van der Waals surface area (Å²) in [4.78, 5) is 12.6. The number of rotatable bonds is 7. The Kier molecular flexibility index (Phi) is 5.40. The highest BCUT2D eigenvalue weighted by atomic mass is 32.2. The van der Waals surface area contributed by atoms with Crippen LogP contribution in [0.2, 0.25) is 0 Å². The molecule has 2 amide bonds. The van der Waals surface area contributed by atoms with Crippen LogP contribution in [0.15, 0.2) is 57.8 Å². The Morgan fingerprint density at radius 3 is 2.63 bits per heavy atom. The van der Waals surface area contributed by atoms with Gasteiger partial charge in [0.15, 0.2) is 0 Å². The van der Waals surface area contributed by atoms with Gasteiger partial charge in [-0.05, 0) is 50.1 Å². The minimum atomic E-state index is -3.65. The summed E-state index contributed by atoms with van der Waals surface area (Å²) in [5.74, 6) is 0.968. The van der Waals surface area contributed by atoms with Crippen LogP contribution in [-0.4, -0.2) is 27.6 Å². The monoisotopic (exact) mass is 429 g/mol. The third-order valence-corrected chi connectivity index (χ3v) is 6.37. The van der Waals surface area contributed by atoms with E-state index in [2.05, 4.69) is 15.4 Å². The van der Waals surface area contributed by atoms with E-state index in [-0.39, 0.29) is 16.6 Å². The van der Waals surface area contributed by atoms with Gasteiger partial charge in [0.2, 0.25) is 10.0 Å². The van der Waals surface area contributed by atoms with Crippen molar-refractivity contribution < 1.29 is 22.4 Å². The summed E-state index contributed by atoms with van der Waals surface area (Å²) in [5, 5.41) is 6.41. The van der Waals surface area contributed by atoms with Gasteiger partial charge in [0.05, 0.1) is 23.7 Å². The molecule has 8 nitrogen and oxygen atoms in total. The van der Waals surface area contributed by atoms with Crippen LogP contribution >= 0.6 is 0 Å². The number of carbonyl (C=O) groups excluding carboxylic acids is 1. The van der Waals surface area contributed by atoms with E-state index in [1.165, 1.54) is 25.3 Å². The highest BCUT2D eigenvalue weighted by Crippen LogP contribution is 2.29. The molecular weight excluding hydrogens is 406 g/mol. The van der Waals surface area contributed by atoms with Gasteiger partial charge in [-0.15, -0.1) is 0 Å². The summed E-state index contributed by atoms with van der Waals surface area (Å²) in [5.41, 5.74) is 0.995. The van der Waals surface area contributed by atoms with Crippen molar-refractivity contribution in [3.8, 4) is 5.75 Å². The minimum absolute atomic E-state index is 0.0125. The largest absolute Gasteiger partial charge is 0.495 e. The number of fused-ring (bicyclic) bond motifs is 1. The maximum atomic E-state index is 12.5. The average molecular weight is 429 g/mol. The van der Waals surface area contributed by atoms with Gasteiger partial charge in [-0.25, -0.2) is 17.9 Å². The van der Waals surface area contributed by atoms with Crippen molar-refractivity contribution in [1.82, 2.24) is 10.0 Å². The predicted molar refractivity (Wildman–Crippen MR) is 113 cm³/mol. The maximum absolute atomic E-state index is 12.5. The maximum Gasteiger partial charge on any atom is 0.319 e. The zero-order chi connectivity index (χ0) is 21.3. The summed E-state index contributed by atoms with van der Waals surface area (Å²) in [6, 6.07) is 12.9. The predicted octanol–water partition coefficient (Wildman–Crippen LogP) is 3.76. The number of hydrogen-bond donors (Lipinski definition) is 3. The number of furan rings is 1. The summed E-state index contributed by atoms with van der Waals surface area (Å²) < 4.78 is 38.6. The summed E-state index contributed by atoms with van der Waals surface area (Å²) in [6.45, 7) is 1.80. The van der Waals surface area contributed by atoms with Gasteiger partial charge in [0.25, 0.3) is 0 Å². The number of sulfonamides is 1. The molecule has 158 valence electrons. The van der Waals surface area contributed by atoms with Crippen molar-refractivity contribution in [2.75, 3.05) is 12.4 Å². The smallest absolute Gasteiger partial charge is 0.319 e. The van der Waals surface area contributed by atoms with E-state index in [9.17, 15) is 13.2 Å². The lowest BCUT2D eigenvalue weighted by molar-refractivity contribution is 0.247. The molecular formula is C21H23N3O5S. The number of urea groups is 1. The second kappa shape index (κ2) is 8.00. The Labute approximate surface area is 174 Å². The lowest BCUT2D eigenvalue weighted by atomic mass is 10.2. The first-order valence-electron chi connectivity index (χ1n) is 9.62. The molecule has 0 aliphatic heterocycles. The van der Waals surface area contributed by atoms with Gasteiger partial charge in [-0.2, -0.15) is 0 Å². The second-order valence-electron chi connectivity index (χ2n) is 7.26. The molecule has 3 aromatic rings. The van der Waals surface area contributed by atoms with E-state index in [1.807, 2.05) is 30.3 Å². The molecule has 1 aliphatic rings. The van der Waals surface area contributed by atoms with Gasteiger partial charge in [0, 0.05) is 11.4 Å². The number of carbonyl (C=O) groups is 1. The molecule has 1 unspecified atom stereocenters. The fourth-order valence-electron chi connectivity index (χ4n) is 3.08. The van der Waals surface area contributed by atoms with Crippen LogP contribution in [0, 0.1) is 0 Å². The van der Waals surface area contributed by atoms with Crippen molar-refractivity contribution in [2.45, 2.75) is 36.7 Å². The van der Waals surface area contributed by atoms with E-state index in [0.717, 1.165) is 23.8 Å². The third-order valence-electron chi connectivity index (χ3n) is 4.85. The van der Waals surface area contributed by atoms with Crippen LogP contribution in [0.25, 0.3) is 11.0 Å². The lowest BCUT2D eigenvalue weighted by Crippen LogP contribution is -2.31. The normalized spacial score (nSPS) is 15.0. The topological polar surface area (TPSA) is 110 Å². The summed E-state index contributed by atoms with van der Waals surface area (Å²) in [6.07, 6.45) is 1.67. The molecule has 1 heterocycles. The number of amides is 2. The van der Waals surface area contributed by atoms with Crippen LogP contribution < -0.4 is 20.1 Å². The number of ether oxygens (including phenoxy) is 1. The van der Waals surface area contributed by atoms with Crippen LogP contribution in [0.3, 0.4) is 0 Å². The van der Waals surface area contributed by atoms with Gasteiger partial charge in [-0.1, -0.05) is 18.2 Å². The zero-order valence-electron chi connectivity index (χ0n) is 16.6. The molecule has 1 fully saturated rings. The first-order chi connectivity index (χ1) is 14.4. The van der Waals surface area contributed by atoms with Crippen molar-refractivity contribution in [2.24, 2.45) is 0 Å². The molecule has 2 aromatic carbocycles. The fraction of sp³-hybridized carbons (Fsp3) is 0.286. The number of hydrogen-bond acceptors (Lipinski definition) is 5. The van der Waals surface area contributed by atoms with Crippen LogP contribution in [-0.2, 0) is 10.0 Å². The van der Waals surface area contributed by atoms with Crippen LogP contribution in [0.4, 0.5) is 10.5 Å². The Morgan fingerprint density at radius 1 is 1.17 bits per heavy atom. The summed E-state index contributed by atoms with van der Waals surface area (Å²) in [7, 11) is -2.20. The van der Waals surface area contributed by atoms with E-state index in [4.69, 9.17) is 9.15 Å². The molecule has 3 N–H and O–H groups in total. The minimum Gasteiger partial charge on any atom is -0.495 e. The second-order valence-corrected chi connectivity index (χ2v) is 8.98. The van der Waals surface area contributed by atoms with Crippen molar-refractivity contribution in [1.29, 1.82) is 0 Å². The quantitative estimate of drug-likeness (QED) is 0.530. The molecule has 0 radical (unpaired) electrons. The Bertz CT molecular complexity index is 1150. The van der Waals surface area contributed by atoms with E-state index in [1.54, 1.807) is 6.92 Å². The van der Waals surface area contributed by atoms with E-state index < -0.39 is 22.1 Å². The molecule has 0 spiro atoms. The number of benzene rings is 2. The molecule has 1 aromatic heterocycles. The summed E-state index contributed by atoms with van der Waals surface area (Å²) >= 11 is 0.